The molecule has 0 aliphatic carbocycles. The van der Waals surface area contributed by atoms with Crippen LogP contribution in [0.2, 0.25) is 0 Å². The molecular weight excluding hydrogens is 1060 g/mol. The van der Waals surface area contributed by atoms with Crippen LogP contribution in [0.25, 0.3) is 0 Å². The van der Waals surface area contributed by atoms with Crippen molar-refractivity contribution in [1.29, 1.82) is 14.8 Å². The van der Waals surface area contributed by atoms with E-state index in [9.17, 15) is 43.9 Å². The van der Waals surface area contributed by atoms with Crippen molar-refractivity contribution in [2.75, 3.05) is 12.5 Å². The highest BCUT2D eigenvalue weighted by molar-refractivity contribution is 7.92. The van der Waals surface area contributed by atoms with Gasteiger partial charge in [0.1, 0.15) is 17.5 Å². The molecule has 0 saturated heterocycles. The van der Waals surface area contributed by atoms with E-state index in [0.29, 0.717) is 40.5 Å². The molecule has 6 aromatic carbocycles. The van der Waals surface area contributed by atoms with Crippen molar-refractivity contribution in [1.82, 2.24) is 0 Å². The molecular formula is C64H82F7N3O3S2. The number of aryl methyl sites for hydroxylation is 4. The van der Waals surface area contributed by atoms with Gasteiger partial charge in [-0.15, -0.1) is 0 Å². The predicted molar refractivity (Wildman–Crippen MR) is 311 cm³/mol. The number of ketones is 1. The maximum absolute atomic E-state index is 13.1. The molecule has 0 heterocycles. The minimum atomic E-state index is -2.61. The van der Waals surface area contributed by atoms with E-state index in [2.05, 4.69) is 27.7 Å². The van der Waals surface area contributed by atoms with E-state index in [0.717, 1.165) is 66.9 Å². The van der Waals surface area contributed by atoms with Crippen molar-refractivity contribution in [3.8, 4) is 6.07 Å². The Hall–Kier alpha value is -6.11. The van der Waals surface area contributed by atoms with Gasteiger partial charge >= 0.3 is 0 Å². The summed E-state index contributed by atoms with van der Waals surface area (Å²) in [6, 6.07) is 24.8. The van der Waals surface area contributed by atoms with E-state index in [1.807, 2.05) is 112 Å². The van der Waals surface area contributed by atoms with Gasteiger partial charge in [-0.1, -0.05) is 132 Å². The number of nitriles is 1. The number of Topliss-reactive ketones (excluding diaryl/α,β-unsaturated/α-hetero) is 1. The molecule has 6 nitrogen and oxygen atoms in total. The molecule has 0 aliphatic heterocycles. The molecule has 0 aliphatic rings. The molecule has 0 spiro atoms. The van der Waals surface area contributed by atoms with Gasteiger partial charge in [0.05, 0.1) is 40.9 Å². The number of halogens is 7. The maximum atomic E-state index is 13.1. The Kier molecular flexibility index (Phi) is 28.4. The van der Waals surface area contributed by atoms with Gasteiger partial charge in [-0.05, 0) is 161 Å². The third-order valence-electron chi connectivity index (χ3n) is 12.4. The van der Waals surface area contributed by atoms with Gasteiger partial charge in [0.15, 0.2) is 29.1 Å². The van der Waals surface area contributed by atoms with Crippen molar-refractivity contribution in [3.05, 3.63) is 198 Å². The number of carbonyl (C=O) groups is 1. The molecule has 79 heavy (non-hydrogen) atoms. The SMILES string of the molecule is CC(C)c1cc(F)c(F)cc1C#N.CCC(=O)c1cc(F)ccc1C(C)C.Cc1cc(F)c(F)cc1C(C)C.Cc1cc(F)cc(F)c1C(C)C.Cc1cccc(C(C)C)c1[S@@](C)(=N)=O.Cc1cccc(C(C)C)c1[S@](C)(=N)=O. The topological polar surface area (TPSA) is 123 Å². The van der Waals surface area contributed by atoms with Crippen LogP contribution < -0.4 is 0 Å². The first-order chi connectivity index (χ1) is 36.3. The Morgan fingerprint density at radius 1 is 0.468 bits per heavy atom. The summed E-state index contributed by atoms with van der Waals surface area (Å²) in [5.74, 6) is -3.44. The van der Waals surface area contributed by atoms with Crippen molar-refractivity contribution in [2.24, 2.45) is 0 Å². The van der Waals surface area contributed by atoms with Gasteiger partial charge in [-0.3, -0.25) is 4.79 Å². The fraction of sp³-hybridized carbons (Fsp3) is 0.406. The number of hydrogen-bond acceptors (Lipinski definition) is 6. The van der Waals surface area contributed by atoms with Gasteiger partial charge in [-0.25, -0.2) is 48.7 Å². The Morgan fingerprint density at radius 3 is 1.23 bits per heavy atom. The van der Waals surface area contributed by atoms with Crippen LogP contribution in [0.15, 0.2) is 101 Å². The van der Waals surface area contributed by atoms with E-state index in [1.165, 1.54) is 42.8 Å². The molecule has 6 aromatic rings. The summed E-state index contributed by atoms with van der Waals surface area (Å²) in [5, 5.41) is 8.64. The van der Waals surface area contributed by atoms with Crippen LogP contribution in [0, 0.1) is 89.3 Å². The van der Waals surface area contributed by atoms with Gasteiger partial charge in [0, 0.05) is 30.6 Å². The molecule has 0 unspecified atom stereocenters. The van der Waals surface area contributed by atoms with Crippen LogP contribution in [0.4, 0.5) is 30.7 Å². The third kappa shape index (κ3) is 21.8. The minimum absolute atomic E-state index is 0.00759. The monoisotopic (exact) mass is 1140 g/mol. The molecule has 432 valence electrons. The molecule has 0 aromatic heterocycles. The lowest BCUT2D eigenvalue weighted by atomic mass is 9.94. The van der Waals surface area contributed by atoms with Crippen molar-refractivity contribution in [3.63, 3.8) is 0 Å². The highest BCUT2D eigenvalue weighted by Gasteiger charge is 2.18. The Morgan fingerprint density at radius 2 is 0.873 bits per heavy atom. The molecule has 2 atom stereocenters. The lowest BCUT2D eigenvalue weighted by Crippen LogP contribution is -2.04. The van der Waals surface area contributed by atoms with E-state index in [-0.39, 0.29) is 40.8 Å². The first-order valence-corrected chi connectivity index (χ1v) is 30.1. The van der Waals surface area contributed by atoms with Crippen LogP contribution in [-0.2, 0) is 19.5 Å². The summed E-state index contributed by atoms with van der Waals surface area (Å²) >= 11 is 0. The number of nitrogens with zero attached hydrogens (tertiary/aromatic N) is 1. The highest BCUT2D eigenvalue weighted by atomic mass is 32.2. The van der Waals surface area contributed by atoms with Gasteiger partial charge in [-0.2, -0.15) is 5.26 Å². The predicted octanol–water partition coefficient (Wildman–Crippen LogP) is 19.6. The second-order valence-corrected chi connectivity index (χ2v) is 25.5. The third-order valence-corrected chi connectivity index (χ3v) is 15.1. The number of rotatable bonds is 10. The molecule has 0 fully saturated rings. The van der Waals surface area contributed by atoms with Gasteiger partial charge in [0.25, 0.3) is 0 Å². The average molecular weight is 1140 g/mol. The lowest BCUT2D eigenvalue weighted by molar-refractivity contribution is 0.0986. The van der Waals surface area contributed by atoms with E-state index >= 15 is 0 Å². The molecule has 2 N–H and O–H groups in total. The summed E-state index contributed by atoms with van der Waals surface area (Å²) in [6.45, 7) is 32.7. The summed E-state index contributed by atoms with van der Waals surface area (Å²) in [4.78, 5) is 13.0. The van der Waals surface area contributed by atoms with Crippen molar-refractivity contribution in [2.45, 2.75) is 169 Å². The second-order valence-electron chi connectivity index (χ2n) is 21.3. The van der Waals surface area contributed by atoms with Gasteiger partial charge < -0.3 is 0 Å². The molecule has 0 bridgehead atoms. The summed E-state index contributed by atoms with van der Waals surface area (Å²) in [7, 11) is -5.22. The minimum Gasteiger partial charge on any atom is -0.294 e. The quantitative estimate of drug-likeness (QED) is 0.105. The summed E-state index contributed by atoms with van der Waals surface area (Å²) in [5.41, 5.74) is 9.16. The number of carbonyl (C=O) groups excluding carboxylic acids is 1. The van der Waals surface area contributed by atoms with Crippen molar-refractivity contribution >= 4 is 25.2 Å². The molecule has 0 saturated carbocycles. The Bertz CT molecular complexity index is 3180. The second kappa shape index (κ2) is 31.6. The zero-order valence-corrected chi connectivity index (χ0v) is 51.1. The van der Waals surface area contributed by atoms with E-state index in [4.69, 9.17) is 14.8 Å². The number of benzene rings is 6. The Balaban J connectivity index is 0.000000475. The maximum Gasteiger partial charge on any atom is 0.162 e. The first kappa shape index (κ1) is 70.9. The van der Waals surface area contributed by atoms with Crippen LogP contribution in [0.1, 0.15) is 203 Å². The molecule has 6 rings (SSSR count). The zero-order valence-electron chi connectivity index (χ0n) is 49.5. The lowest BCUT2D eigenvalue weighted by Gasteiger charge is -2.15. The van der Waals surface area contributed by atoms with Crippen LogP contribution in [0.3, 0.4) is 0 Å². The van der Waals surface area contributed by atoms with E-state index < -0.39 is 54.4 Å². The zero-order chi connectivity index (χ0) is 61.2. The smallest absolute Gasteiger partial charge is 0.162 e. The summed E-state index contributed by atoms with van der Waals surface area (Å²) in [6.07, 6.45) is 3.39. The van der Waals surface area contributed by atoms with E-state index in [1.54, 1.807) is 26.8 Å². The van der Waals surface area contributed by atoms with Gasteiger partial charge in [0.2, 0.25) is 0 Å². The normalized spacial score (nSPS) is 12.3. The standard InChI is InChI=1S/C12H15FO.2C11H17NOS.C10H9F2N.2C10H12F2/c1-4-12(14)11-7-9(13)5-6-10(11)8(2)3;2*1-8(2)10-7-5-6-9(3)11(10)14(4,12)13;1-6(2)8-4-10(12)9(11)3-7(8)5-13;1-6(2)8-5-10(12)9(11)4-7(8)3;1-6(2)10-7(3)4-8(11)5-9(10)12/h5-8H,4H2,1-3H3;2*5-8,12H,1-4H3;3-4,6H,1-2H3;2*4-6H,1-3H3/t;2*14-;;;/m.10.../s1. The van der Waals surface area contributed by atoms with Crippen molar-refractivity contribution < 1.29 is 43.9 Å². The fourth-order valence-electron chi connectivity index (χ4n) is 8.65. The largest absolute Gasteiger partial charge is 0.294 e. The molecule has 0 amide bonds. The summed E-state index contributed by atoms with van der Waals surface area (Å²) < 4.78 is 129. The first-order valence-electron chi connectivity index (χ1n) is 26.1. The number of hydrogen-bond donors (Lipinski definition) is 2. The fourth-order valence-corrected chi connectivity index (χ4v) is 11.5. The average Bonchev–Trinajstić information content (AvgIpc) is 3.32. The number of nitrogens with one attached hydrogen (secondary N) is 2. The van der Waals surface area contributed by atoms with Crippen LogP contribution in [-0.4, -0.2) is 26.7 Å². The van der Waals surface area contributed by atoms with Crippen LogP contribution in [0.5, 0.6) is 0 Å². The highest BCUT2D eigenvalue weighted by Crippen LogP contribution is 2.29. The molecule has 15 heteroatoms. The Labute approximate surface area is 468 Å². The molecule has 0 radical (unpaired) electrons. The van der Waals surface area contributed by atoms with Crippen LogP contribution >= 0.6 is 0 Å².